The third-order valence-electron chi connectivity index (χ3n) is 5.82. The fourth-order valence-electron chi connectivity index (χ4n) is 3.68. The number of benzene rings is 1. The zero-order chi connectivity index (χ0) is 27.0. The lowest BCUT2D eigenvalue weighted by atomic mass is 10.1. The number of nitrogens with one attached hydrogen (secondary N) is 1. The van der Waals surface area contributed by atoms with Crippen molar-refractivity contribution in [2.24, 2.45) is 0 Å². The summed E-state index contributed by atoms with van der Waals surface area (Å²) in [5, 5.41) is 17.4. The molecule has 0 unspecified atom stereocenters. The third kappa shape index (κ3) is 4.78. The van der Waals surface area contributed by atoms with Gasteiger partial charge in [0.05, 0.1) is 15.6 Å². The van der Waals surface area contributed by atoms with Crippen molar-refractivity contribution in [3.05, 3.63) is 88.0 Å². The number of H-pyrrole nitrogens is 1. The van der Waals surface area contributed by atoms with Crippen LogP contribution < -0.4 is 5.56 Å². The molecule has 1 aromatic carbocycles. The van der Waals surface area contributed by atoms with E-state index in [9.17, 15) is 13.2 Å². The Morgan fingerprint density at radius 3 is 2.47 bits per heavy atom. The second-order valence-corrected chi connectivity index (χ2v) is 10.8. The summed E-state index contributed by atoms with van der Waals surface area (Å²) in [6, 6.07) is 13.2. The summed E-state index contributed by atoms with van der Waals surface area (Å²) in [7, 11) is -3.42. The monoisotopic (exact) mass is 549 g/mol. The fourth-order valence-corrected chi connectivity index (χ4v) is 4.46. The molecular weight excluding hydrogens is 530 g/mol. The Kier molecular flexibility index (Phi) is 6.51. The average molecular weight is 550 g/mol. The standard InChI is InChI=1S/C25H20ClN7O4S/c1-14(15(2)24-31-32-25(37-24)16-10-11-27-21(34)12-16)22-29-30-23(33(22)20-7-5-4-6-18(20)26)19-9-8-17(13-28-19)38(3,35)36/h4-13H,1-3H3,(H,27,34)/b15-14-. The summed E-state index contributed by atoms with van der Waals surface area (Å²) in [5.74, 6) is 1.23. The molecule has 0 atom stereocenters. The van der Waals surface area contributed by atoms with Crippen LogP contribution in [0.15, 0.2) is 75.0 Å². The van der Waals surface area contributed by atoms with E-state index in [2.05, 4.69) is 30.4 Å². The van der Waals surface area contributed by atoms with Gasteiger partial charge in [0.15, 0.2) is 21.5 Å². The number of hydrogen-bond acceptors (Lipinski definition) is 9. The van der Waals surface area contributed by atoms with Crippen molar-refractivity contribution in [3.8, 4) is 28.7 Å². The van der Waals surface area contributed by atoms with Crippen LogP contribution in [0.1, 0.15) is 25.6 Å². The van der Waals surface area contributed by atoms with E-state index in [1.165, 1.54) is 24.5 Å². The van der Waals surface area contributed by atoms with Crippen molar-refractivity contribution < 1.29 is 12.8 Å². The molecule has 0 spiro atoms. The van der Waals surface area contributed by atoms with Gasteiger partial charge in [0.25, 0.3) is 0 Å². The Labute approximate surface area is 221 Å². The van der Waals surface area contributed by atoms with Gasteiger partial charge in [-0.15, -0.1) is 20.4 Å². The zero-order valence-electron chi connectivity index (χ0n) is 20.4. The van der Waals surface area contributed by atoms with Crippen molar-refractivity contribution in [3.63, 3.8) is 0 Å². The van der Waals surface area contributed by atoms with Crippen LogP contribution >= 0.6 is 11.6 Å². The molecule has 0 fully saturated rings. The number of halogens is 1. The molecule has 0 bridgehead atoms. The highest BCUT2D eigenvalue weighted by Crippen LogP contribution is 2.32. The third-order valence-corrected chi connectivity index (χ3v) is 7.23. The smallest absolute Gasteiger partial charge is 0.248 e. The first-order valence-corrected chi connectivity index (χ1v) is 13.5. The highest BCUT2D eigenvalue weighted by Gasteiger charge is 2.23. The maximum atomic E-state index is 11.9. The van der Waals surface area contributed by atoms with Gasteiger partial charge in [-0.25, -0.2) is 8.42 Å². The molecule has 4 aromatic heterocycles. The van der Waals surface area contributed by atoms with E-state index < -0.39 is 9.84 Å². The number of para-hydroxylation sites is 1. The van der Waals surface area contributed by atoms with Crippen molar-refractivity contribution in [1.82, 2.24) is 34.9 Å². The number of aromatic nitrogens is 7. The Morgan fingerprint density at radius 2 is 1.79 bits per heavy atom. The van der Waals surface area contributed by atoms with E-state index in [-0.39, 0.29) is 22.2 Å². The van der Waals surface area contributed by atoms with Crippen LogP contribution in [0.5, 0.6) is 0 Å². The first kappa shape index (κ1) is 25.2. The van der Waals surface area contributed by atoms with Gasteiger partial charge in [-0.05, 0) is 44.2 Å². The van der Waals surface area contributed by atoms with E-state index in [1.54, 1.807) is 35.8 Å². The predicted octanol–water partition coefficient (Wildman–Crippen LogP) is 4.08. The molecule has 0 radical (unpaired) electrons. The van der Waals surface area contributed by atoms with Gasteiger partial charge in [-0.1, -0.05) is 23.7 Å². The lowest BCUT2D eigenvalue weighted by Crippen LogP contribution is -2.05. The van der Waals surface area contributed by atoms with Gasteiger partial charge in [0, 0.05) is 41.4 Å². The summed E-state index contributed by atoms with van der Waals surface area (Å²) in [5.41, 5.74) is 2.49. The minimum Gasteiger partial charge on any atom is -0.416 e. The molecule has 38 heavy (non-hydrogen) atoms. The van der Waals surface area contributed by atoms with Crippen LogP contribution in [-0.4, -0.2) is 49.6 Å². The fraction of sp³-hybridized carbons (Fsp3) is 0.120. The summed E-state index contributed by atoms with van der Waals surface area (Å²) in [6.07, 6.45) is 3.89. The molecule has 0 saturated heterocycles. The number of hydrogen-bond donors (Lipinski definition) is 1. The van der Waals surface area contributed by atoms with Gasteiger partial charge in [0.1, 0.15) is 5.69 Å². The van der Waals surface area contributed by atoms with Gasteiger partial charge >= 0.3 is 0 Å². The van der Waals surface area contributed by atoms with Gasteiger partial charge in [-0.2, -0.15) is 0 Å². The number of rotatable bonds is 6. The van der Waals surface area contributed by atoms with Crippen LogP contribution in [0.4, 0.5) is 0 Å². The summed E-state index contributed by atoms with van der Waals surface area (Å²) in [6.45, 7) is 3.63. The van der Waals surface area contributed by atoms with Crippen molar-refractivity contribution in [2.75, 3.05) is 6.26 Å². The largest absolute Gasteiger partial charge is 0.416 e. The number of nitrogens with zero attached hydrogens (tertiary/aromatic N) is 6. The summed E-state index contributed by atoms with van der Waals surface area (Å²) < 4.78 is 31.4. The van der Waals surface area contributed by atoms with Gasteiger partial charge < -0.3 is 9.40 Å². The molecule has 13 heteroatoms. The maximum absolute atomic E-state index is 11.9. The molecule has 0 aliphatic rings. The topological polar surface area (TPSA) is 150 Å². The highest BCUT2D eigenvalue weighted by molar-refractivity contribution is 7.90. The minimum absolute atomic E-state index is 0.0878. The molecule has 1 N–H and O–H groups in total. The predicted molar refractivity (Wildman–Crippen MR) is 141 cm³/mol. The lowest BCUT2D eigenvalue weighted by Gasteiger charge is -2.13. The van der Waals surface area contributed by atoms with Crippen molar-refractivity contribution in [2.45, 2.75) is 18.7 Å². The SMILES string of the molecule is C/C(=C(\C)c1nnc(-c2ccc(S(C)(=O)=O)cn2)n1-c1ccccc1Cl)c1nnc(-c2cc[nH]c(=O)c2)o1. The minimum atomic E-state index is -3.42. The molecule has 0 saturated carbocycles. The lowest BCUT2D eigenvalue weighted by molar-refractivity contribution is 0.553. The number of allylic oxidation sites excluding steroid dienone is 2. The summed E-state index contributed by atoms with van der Waals surface area (Å²) >= 11 is 6.56. The molecule has 4 heterocycles. The first-order chi connectivity index (χ1) is 18.1. The second-order valence-electron chi connectivity index (χ2n) is 8.39. The molecule has 11 nitrogen and oxygen atoms in total. The van der Waals surface area contributed by atoms with E-state index in [0.29, 0.717) is 44.8 Å². The van der Waals surface area contributed by atoms with Crippen LogP contribution in [0.25, 0.3) is 39.8 Å². The second kappa shape index (κ2) is 9.80. The molecule has 0 amide bonds. The maximum Gasteiger partial charge on any atom is 0.248 e. The number of aromatic amines is 1. The van der Waals surface area contributed by atoms with Crippen molar-refractivity contribution >= 4 is 32.6 Å². The number of pyridine rings is 2. The van der Waals surface area contributed by atoms with Gasteiger partial charge in [-0.3, -0.25) is 14.3 Å². The Morgan fingerprint density at radius 1 is 1.00 bits per heavy atom. The van der Waals surface area contributed by atoms with Crippen molar-refractivity contribution in [1.29, 1.82) is 0 Å². The van der Waals surface area contributed by atoms with Crippen LogP contribution in [0.3, 0.4) is 0 Å². The molecule has 5 rings (SSSR count). The van der Waals surface area contributed by atoms with E-state index in [4.69, 9.17) is 16.0 Å². The molecule has 0 aliphatic carbocycles. The van der Waals surface area contributed by atoms with Crippen LogP contribution in [0, 0.1) is 0 Å². The van der Waals surface area contributed by atoms with Crippen LogP contribution in [-0.2, 0) is 9.84 Å². The summed E-state index contributed by atoms with van der Waals surface area (Å²) in [4.78, 5) is 18.6. The van der Waals surface area contributed by atoms with Gasteiger partial charge in [0.2, 0.25) is 17.3 Å². The molecule has 0 aliphatic heterocycles. The zero-order valence-corrected chi connectivity index (χ0v) is 21.9. The van der Waals surface area contributed by atoms with Crippen LogP contribution in [0.2, 0.25) is 5.02 Å². The average Bonchev–Trinajstić information content (AvgIpc) is 3.56. The van der Waals surface area contributed by atoms with E-state index >= 15 is 0 Å². The Bertz CT molecular complexity index is 1850. The quantitative estimate of drug-likeness (QED) is 0.330. The van der Waals surface area contributed by atoms with E-state index in [1.807, 2.05) is 19.1 Å². The van der Waals surface area contributed by atoms with E-state index in [0.717, 1.165) is 6.26 Å². The molecular formula is C25H20ClN7O4S. The molecule has 192 valence electrons. The Balaban J connectivity index is 1.64. The first-order valence-electron chi connectivity index (χ1n) is 11.2. The normalized spacial score (nSPS) is 12.4. The molecule has 5 aromatic rings. The number of sulfone groups is 1. The Hall–Kier alpha value is -4.42. The highest BCUT2D eigenvalue weighted by atomic mass is 35.5.